The molecule has 0 radical (unpaired) electrons. The molecule has 0 spiro atoms. The summed E-state index contributed by atoms with van der Waals surface area (Å²) in [6, 6.07) is 15.7. The molecule has 1 atom stereocenters. The van der Waals surface area contributed by atoms with Gasteiger partial charge in [0.1, 0.15) is 11.9 Å². The smallest absolute Gasteiger partial charge is 0.251 e. The normalized spacial score (nSPS) is 16.6. The SMILES string of the molecule is CC(C)(C)c1ccc2c(c1)CC(CNC(=O)c1ccccc1)O2. The molecule has 0 saturated carbocycles. The lowest BCUT2D eigenvalue weighted by molar-refractivity contribution is 0.0933. The molecule has 3 heteroatoms. The van der Waals surface area contributed by atoms with Gasteiger partial charge in [-0.1, -0.05) is 51.1 Å². The summed E-state index contributed by atoms with van der Waals surface area (Å²) in [5, 5.41) is 2.96. The molecule has 0 fully saturated rings. The van der Waals surface area contributed by atoms with Gasteiger partial charge in [0.05, 0.1) is 6.54 Å². The van der Waals surface area contributed by atoms with E-state index in [-0.39, 0.29) is 17.4 Å². The fourth-order valence-corrected chi connectivity index (χ4v) is 2.80. The van der Waals surface area contributed by atoms with Crippen LogP contribution in [0.5, 0.6) is 5.75 Å². The minimum atomic E-state index is -0.0551. The maximum atomic E-state index is 12.1. The molecule has 3 rings (SSSR count). The zero-order chi connectivity index (χ0) is 16.4. The molecule has 1 aliphatic heterocycles. The Balaban J connectivity index is 1.61. The zero-order valence-electron chi connectivity index (χ0n) is 13.9. The van der Waals surface area contributed by atoms with Gasteiger partial charge in [-0.2, -0.15) is 0 Å². The summed E-state index contributed by atoms with van der Waals surface area (Å²) in [5.41, 5.74) is 3.36. The van der Waals surface area contributed by atoms with E-state index in [4.69, 9.17) is 4.74 Å². The minimum Gasteiger partial charge on any atom is -0.488 e. The van der Waals surface area contributed by atoms with Crippen LogP contribution >= 0.6 is 0 Å². The number of fused-ring (bicyclic) bond motifs is 1. The lowest BCUT2D eigenvalue weighted by atomic mass is 9.86. The summed E-state index contributed by atoms with van der Waals surface area (Å²) in [5.74, 6) is 0.887. The lowest BCUT2D eigenvalue weighted by Crippen LogP contribution is -2.34. The maximum Gasteiger partial charge on any atom is 0.251 e. The molecule has 1 amide bonds. The molecule has 2 aromatic carbocycles. The Labute approximate surface area is 137 Å². The van der Waals surface area contributed by atoms with E-state index in [9.17, 15) is 4.79 Å². The monoisotopic (exact) mass is 309 g/mol. The van der Waals surface area contributed by atoms with Gasteiger partial charge in [-0.05, 0) is 34.7 Å². The Kier molecular flexibility index (Phi) is 4.12. The van der Waals surface area contributed by atoms with Crippen LogP contribution in [0.4, 0.5) is 0 Å². The number of amides is 1. The van der Waals surface area contributed by atoms with Crippen molar-refractivity contribution in [3.05, 3.63) is 65.2 Å². The number of hydrogen-bond donors (Lipinski definition) is 1. The topological polar surface area (TPSA) is 38.3 Å². The molecule has 3 nitrogen and oxygen atoms in total. The van der Waals surface area contributed by atoms with Crippen LogP contribution in [0.15, 0.2) is 48.5 Å². The van der Waals surface area contributed by atoms with Crippen molar-refractivity contribution in [2.24, 2.45) is 0 Å². The van der Waals surface area contributed by atoms with Crippen LogP contribution in [0.1, 0.15) is 42.3 Å². The second kappa shape index (κ2) is 6.07. The van der Waals surface area contributed by atoms with Crippen molar-refractivity contribution in [3.8, 4) is 5.75 Å². The van der Waals surface area contributed by atoms with Gasteiger partial charge in [0.25, 0.3) is 5.91 Å². The molecule has 1 heterocycles. The largest absolute Gasteiger partial charge is 0.488 e. The van der Waals surface area contributed by atoms with Gasteiger partial charge >= 0.3 is 0 Å². The van der Waals surface area contributed by atoms with Crippen molar-refractivity contribution >= 4 is 5.91 Å². The Morgan fingerprint density at radius 3 is 2.61 bits per heavy atom. The zero-order valence-corrected chi connectivity index (χ0v) is 13.9. The summed E-state index contributed by atoms with van der Waals surface area (Å²) in [7, 11) is 0. The van der Waals surface area contributed by atoms with E-state index in [2.05, 4.69) is 44.3 Å². The van der Waals surface area contributed by atoms with E-state index in [1.165, 1.54) is 11.1 Å². The van der Waals surface area contributed by atoms with E-state index < -0.39 is 0 Å². The van der Waals surface area contributed by atoms with Crippen molar-refractivity contribution in [3.63, 3.8) is 0 Å². The molecular formula is C20H23NO2. The van der Waals surface area contributed by atoms with Crippen molar-refractivity contribution in [2.45, 2.75) is 38.7 Å². The van der Waals surface area contributed by atoms with Crippen molar-refractivity contribution in [1.29, 1.82) is 0 Å². The first-order valence-corrected chi connectivity index (χ1v) is 8.07. The molecule has 0 saturated heterocycles. The molecule has 2 aromatic rings. The first kappa shape index (κ1) is 15.6. The second-order valence-electron chi connectivity index (χ2n) is 7.09. The van der Waals surface area contributed by atoms with E-state index in [0.29, 0.717) is 12.1 Å². The molecule has 0 aliphatic carbocycles. The third-order valence-corrected chi connectivity index (χ3v) is 4.19. The highest BCUT2D eigenvalue weighted by atomic mass is 16.5. The summed E-state index contributed by atoms with van der Waals surface area (Å²) in [6.07, 6.45) is 0.849. The lowest BCUT2D eigenvalue weighted by Gasteiger charge is -2.19. The number of carbonyl (C=O) groups is 1. The summed E-state index contributed by atoms with van der Waals surface area (Å²) >= 11 is 0. The molecular weight excluding hydrogens is 286 g/mol. The number of ether oxygens (including phenoxy) is 1. The highest BCUT2D eigenvalue weighted by Crippen LogP contribution is 2.33. The first-order valence-electron chi connectivity index (χ1n) is 8.07. The van der Waals surface area contributed by atoms with E-state index in [1.807, 2.05) is 30.3 Å². The van der Waals surface area contributed by atoms with Crippen LogP contribution in [0, 0.1) is 0 Å². The molecule has 0 bridgehead atoms. The van der Waals surface area contributed by atoms with E-state index >= 15 is 0 Å². The van der Waals surface area contributed by atoms with Crippen LogP contribution in [0.25, 0.3) is 0 Å². The Bertz CT molecular complexity index is 701. The predicted octanol–water partition coefficient (Wildman–Crippen LogP) is 3.72. The number of nitrogens with one attached hydrogen (secondary N) is 1. The summed E-state index contributed by atoms with van der Waals surface area (Å²) in [4.78, 5) is 12.1. The molecule has 1 aliphatic rings. The highest BCUT2D eigenvalue weighted by molar-refractivity contribution is 5.94. The standard InChI is InChI=1S/C20H23NO2/c1-20(2,3)16-9-10-18-15(11-16)12-17(23-18)13-21-19(22)14-7-5-4-6-8-14/h4-11,17H,12-13H2,1-3H3,(H,21,22). The van der Waals surface area contributed by atoms with E-state index in [0.717, 1.165) is 12.2 Å². The molecule has 0 aromatic heterocycles. The number of carbonyl (C=O) groups excluding carboxylic acids is 1. The van der Waals surface area contributed by atoms with Crippen LogP contribution < -0.4 is 10.1 Å². The van der Waals surface area contributed by atoms with Gasteiger partial charge in [-0.25, -0.2) is 0 Å². The molecule has 23 heavy (non-hydrogen) atoms. The molecule has 120 valence electrons. The summed E-state index contributed by atoms with van der Waals surface area (Å²) in [6.45, 7) is 7.15. The number of rotatable bonds is 3. The van der Waals surface area contributed by atoms with Crippen LogP contribution in [-0.2, 0) is 11.8 Å². The maximum absolute atomic E-state index is 12.1. The van der Waals surface area contributed by atoms with Gasteiger partial charge in [0.2, 0.25) is 0 Å². The molecule has 1 N–H and O–H groups in total. The Morgan fingerprint density at radius 2 is 1.91 bits per heavy atom. The first-order chi connectivity index (χ1) is 10.9. The van der Waals surface area contributed by atoms with Crippen LogP contribution in [0.3, 0.4) is 0 Å². The predicted molar refractivity (Wildman–Crippen MR) is 92.0 cm³/mol. The van der Waals surface area contributed by atoms with Crippen molar-refractivity contribution in [2.75, 3.05) is 6.54 Å². The number of benzene rings is 2. The fraction of sp³-hybridized carbons (Fsp3) is 0.350. The van der Waals surface area contributed by atoms with Gasteiger partial charge in [0.15, 0.2) is 0 Å². The molecule has 1 unspecified atom stereocenters. The van der Waals surface area contributed by atoms with Crippen molar-refractivity contribution < 1.29 is 9.53 Å². The number of hydrogen-bond acceptors (Lipinski definition) is 2. The van der Waals surface area contributed by atoms with Crippen LogP contribution in [-0.4, -0.2) is 18.6 Å². The van der Waals surface area contributed by atoms with Crippen molar-refractivity contribution in [1.82, 2.24) is 5.32 Å². The Hall–Kier alpha value is -2.29. The quantitative estimate of drug-likeness (QED) is 0.938. The van der Waals surface area contributed by atoms with Gasteiger partial charge in [-0.3, -0.25) is 4.79 Å². The van der Waals surface area contributed by atoms with Gasteiger partial charge in [-0.15, -0.1) is 0 Å². The third kappa shape index (κ3) is 3.55. The Morgan fingerprint density at radius 1 is 1.17 bits per heavy atom. The summed E-state index contributed by atoms with van der Waals surface area (Å²) < 4.78 is 5.95. The average Bonchev–Trinajstić information content (AvgIpc) is 2.94. The third-order valence-electron chi connectivity index (χ3n) is 4.19. The van der Waals surface area contributed by atoms with Gasteiger partial charge < -0.3 is 10.1 Å². The van der Waals surface area contributed by atoms with Gasteiger partial charge in [0, 0.05) is 12.0 Å². The van der Waals surface area contributed by atoms with Crippen LogP contribution in [0.2, 0.25) is 0 Å². The average molecular weight is 309 g/mol. The van der Waals surface area contributed by atoms with E-state index in [1.54, 1.807) is 0 Å². The second-order valence-corrected chi connectivity index (χ2v) is 7.09. The highest BCUT2D eigenvalue weighted by Gasteiger charge is 2.25. The fourth-order valence-electron chi connectivity index (χ4n) is 2.80. The minimum absolute atomic E-state index is 0.00730.